The van der Waals surface area contributed by atoms with Gasteiger partial charge in [-0.25, -0.2) is 9.59 Å². The van der Waals surface area contributed by atoms with Gasteiger partial charge in [0.05, 0.1) is 21.3 Å². The van der Waals surface area contributed by atoms with Crippen molar-refractivity contribution < 1.29 is 34.0 Å². The summed E-state index contributed by atoms with van der Waals surface area (Å²) in [7, 11) is 4.41. The lowest BCUT2D eigenvalue weighted by Crippen LogP contribution is -2.12. The van der Waals surface area contributed by atoms with Gasteiger partial charge < -0.3 is 24.4 Å². The van der Waals surface area contributed by atoms with Crippen molar-refractivity contribution >= 4 is 18.0 Å². The average Bonchev–Trinajstić information content (AvgIpc) is 2.56. The van der Waals surface area contributed by atoms with E-state index in [0.29, 0.717) is 46.8 Å². The summed E-state index contributed by atoms with van der Waals surface area (Å²) in [4.78, 5) is 22.5. The zero-order chi connectivity index (χ0) is 18.4. The topological polar surface area (TPSA) is 102 Å². The van der Waals surface area contributed by atoms with Crippen LogP contribution in [-0.4, -0.2) is 43.5 Å². The number of benzene rings is 1. The second-order valence-electron chi connectivity index (χ2n) is 4.85. The number of hydrogen-bond donors (Lipinski definition) is 2. The van der Waals surface area contributed by atoms with Gasteiger partial charge in [-0.15, -0.1) is 0 Å². The fraction of sp³-hybridized carbons (Fsp3) is 0.412. The number of carboxylic acids is 2. The number of ether oxygens (including phenoxy) is 3. The second kappa shape index (κ2) is 8.24. The number of aliphatic carboxylic acids is 2. The molecule has 0 saturated carbocycles. The van der Waals surface area contributed by atoms with Crippen molar-refractivity contribution in [2.45, 2.75) is 26.7 Å². The Balaban J connectivity index is 3.97. The summed E-state index contributed by atoms with van der Waals surface area (Å²) in [5.74, 6) is -1.83. The maximum Gasteiger partial charge on any atom is 0.343 e. The van der Waals surface area contributed by atoms with E-state index in [1.54, 1.807) is 0 Å². The first kappa shape index (κ1) is 19.3. The van der Waals surface area contributed by atoms with Crippen LogP contribution in [0.25, 0.3) is 6.08 Å². The molecule has 7 heteroatoms. The van der Waals surface area contributed by atoms with Crippen LogP contribution in [0.15, 0.2) is 5.57 Å². The summed E-state index contributed by atoms with van der Waals surface area (Å²) in [5, 5.41) is 18.3. The van der Waals surface area contributed by atoms with E-state index in [9.17, 15) is 9.59 Å². The van der Waals surface area contributed by atoms with Gasteiger partial charge in [-0.1, -0.05) is 13.8 Å². The predicted octanol–water partition coefficient (Wildman–Crippen LogP) is 2.39. The van der Waals surface area contributed by atoms with Crippen LogP contribution in [-0.2, 0) is 22.4 Å². The Bertz CT molecular complexity index is 625. The zero-order valence-corrected chi connectivity index (χ0v) is 14.4. The summed E-state index contributed by atoms with van der Waals surface area (Å²) in [6, 6.07) is 0. The highest BCUT2D eigenvalue weighted by Crippen LogP contribution is 2.46. The van der Waals surface area contributed by atoms with Crippen LogP contribution >= 0.6 is 0 Å². The third kappa shape index (κ3) is 3.45. The molecule has 1 aromatic rings. The summed E-state index contributed by atoms with van der Waals surface area (Å²) in [6.07, 6.45) is 2.14. The fourth-order valence-corrected chi connectivity index (χ4v) is 2.66. The molecule has 0 aliphatic rings. The van der Waals surface area contributed by atoms with E-state index in [-0.39, 0.29) is 0 Å². The minimum atomic E-state index is -1.51. The molecule has 0 bridgehead atoms. The highest BCUT2D eigenvalue weighted by molar-refractivity contribution is 6.16. The first-order chi connectivity index (χ1) is 11.4. The van der Waals surface area contributed by atoms with Crippen LogP contribution in [0.2, 0.25) is 0 Å². The third-order valence-electron chi connectivity index (χ3n) is 3.68. The van der Waals surface area contributed by atoms with Gasteiger partial charge in [0.15, 0.2) is 11.5 Å². The van der Waals surface area contributed by atoms with E-state index in [4.69, 9.17) is 24.4 Å². The maximum atomic E-state index is 11.2. The van der Waals surface area contributed by atoms with Gasteiger partial charge in [0.1, 0.15) is 5.57 Å². The average molecular weight is 338 g/mol. The molecule has 2 N–H and O–H groups in total. The highest BCUT2D eigenvalue weighted by Gasteiger charge is 2.26. The minimum absolute atomic E-state index is 0.399. The van der Waals surface area contributed by atoms with Gasteiger partial charge in [-0.3, -0.25) is 0 Å². The molecule has 0 saturated heterocycles. The molecule has 1 aromatic carbocycles. The quantitative estimate of drug-likeness (QED) is 0.426. The molecule has 0 unspecified atom stereocenters. The van der Waals surface area contributed by atoms with Crippen LogP contribution in [0.3, 0.4) is 0 Å². The molecule has 132 valence electrons. The Hall–Kier alpha value is -2.70. The Morgan fingerprint density at radius 1 is 0.833 bits per heavy atom. The molecule has 0 heterocycles. The monoisotopic (exact) mass is 338 g/mol. The summed E-state index contributed by atoms with van der Waals surface area (Å²) in [6.45, 7) is 3.73. The summed E-state index contributed by atoms with van der Waals surface area (Å²) in [5.41, 5.74) is 1.06. The smallest absolute Gasteiger partial charge is 0.343 e. The van der Waals surface area contributed by atoms with Crippen molar-refractivity contribution in [3.8, 4) is 17.2 Å². The van der Waals surface area contributed by atoms with Gasteiger partial charge >= 0.3 is 11.9 Å². The number of rotatable bonds is 8. The maximum absolute atomic E-state index is 11.2. The van der Waals surface area contributed by atoms with E-state index < -0.39 is 17.5 Å². The molecule has 0 aliphatic carbocycles. The summed E-state index contributed by atoms with van der Waals surface area (Å²) >= 11 is 0. The Morgan fingerprint density at radius 3 is 1.46 bits per heavy atom. The van der Waals surface area contributed by atoms with E-state index >= 15 is 0 Å². The molecule has 0 fully saturated rings. The van der Waals surface area contributed by atoms with Gasteiger partial charge in [-0.2, -0.15) is 0 Å². The number of methoxy groups -OCH3 is 3. The van der Waals surface area contributed by atoms with Gasteiger partial charge in [-0.05, 0) is 24.5 Å². The van der Waals surface area contributed by atoms with E-state index in [2.05, 4.69) is 0 Å². The van der Waals surface area contributed by atoms with Gasteiger partial charge in [0, 0.05) is 11.1 Å². The lowest BCUT2D eigenvalue weighted by Gasteiger charge is -2.22. The van der Waals surface area contributed by atoms with Crippen LogP contribution in [0.1, 0.15) is 30.5 Å². The lowest BCUT2D eigenvalue weighted by atomic mass is 9.93. The molecule has 1 rings (SSSR count). The minimum Gasteiger partial charge on any atom is -0.492 e. The van der Waals surface area contributed by atoms with Crippen molar-refractivity contribution in [2.75, 3.05) is 21.3 Å². The first-order valence-electron chi connectivity index (χ1n) is 7.39. The Morgan fingerprint density at radius 2 is 1.21 bits per heavy atom. The lowest BCUT2D eigenvalue weighted by molar-refractivity contribution is -0.140. The van der Waals surface area contributed by atoms with E-state index in [0.717, 1.165) is 6.08 Å². The number of carbonyl (C=O) groups is 2. The highest BCUT2D eigenvalue weighted by atomic mass is 16.5. The SMILES string of the molecule is CCc1c(C=C(C(=O)O)C(=O)O)c(CC)c(OC)c(OC)c1OC. The van der Waals surface area contributed by atoms with E-state index in [1.807, 2.05) is 13.8 Å². The normalized spacial score (nSPS) is 10.0. The van der Waals surface area contributed by atoms with Crippen LogP contribution in [0.5, 0.6) is 17.2 Å². The van der Waals surface area contributed by atoms with Crippen molar-refractivity contribution in [1.29, 1.82) is 0 Å². The van der Waals surface area contributed by atoms with Gasteiger partial charge in [0.2, 0.25) is 5.75 Å². The largest absolute Gasteiger partial charge is 0.492 e. The van der Waals surface area contributed by atoms with Crippen LogP contribution < -0.4 is 14.2 Å². The first-order valence-corrected chi connectivity index (χ1v) is 7.39. The molecule has 0 amide bonds. The Labute approximate surface area is 140 Å². The second-order valence-corrected chi connectivity index (χ2v) is 4.85. The molecule has 24 heavy (non-hydrogen) atoms. The van der Waals surface area contributed by atoms with Crippen LogP contribution in [0.4, 0.5) is 0 Å². The molecule has 7 nitrogen and oxygen atoms in total. The molecule has 0 atom stereocenters. The zero-order valence-electron chi connectivity index (χ0n) is 14.4. The molecular formula is C17H22O7. The number of hydrogen-bond acceptors (Lipinski definition) is 5. The standard InChI is InChI=1S/C17H22O7/c1-6-9-11(8-12(16(18)19)17(20)21)10(7-2)14(23-4)15(24-5)13(9)22-3/h8H,6-7H2,1-5H3,(H,18,19)(H,20,21). The number of carboxylic acid groups (broad SMARTS) is 2. The van der Waals surface area contributed by atoms with Crippen molar-refractivity contribution in [3.63, 3.8) is 0 Å². The summed E-state index contributed by atoms with van der Waals surface area (Å²) < 4.78 is 16.2. The van der Waals surface area contributed by atoms with Crippen molar-refractivity contribution in [3.05, 3.63) is 22.3 Å². The van der Waals surface area contributed by atoms with Crippen LogP contribution in [0, 0.1) is 0 Å². The molecule has 0 aromatic heterocycles. The fourth-order valence-electron chi connectivity index (χ4n) is 2.66. The van der Waals surface area contributed by atoms with Gasteiger partial charge in [0.25, 0.3) is 0 Å². The van der Waals surface area contributed by atoms with Crippen molar-refractivity contribution in [1.82, 2.24) is 0 Å². The molecular weight excluding hydrogens is 316 g/mol. The molecule has 0 spiro atoms. The predicted molar refractivity (Wildman–Crippen MR) is 88.1 cm³/mol. The Kier molecular flexibility index (Phi) is 6.64. The molecule has 0 radical (unpaired) electrons. The van der Waals surface area contributed by atoms with Crippen molar-refractivity contribution in [2.24, 2.45) is 0 Å². The third-order valence-corrected chi connectivity index (χ3v) is 3.68. The molecule has 0 aliphatic heterocycles. The van der Waals surface area contributed by atoms with E-state index in [1.165, 1.54) is 21.3 Å².